The fourth-order valence-electron chi connectivity index (χ4n) is 6.61. The summed E-state index contributed by atoms with van der Waals surface area (Å²) in [7, 11) is 0. The SMILES string of the molecule is CCN(c1ccc(Nc2ccc(NC(C)CC(C)C)c(C)c2)c(C)c1)c1ccc(Nc2ccc(NC(C)CC(C)C)c(C)c2)c(C)c1. The van der Waals surface area contributed by atoms with Gasteiger partial charge in [-0.15, -0.1) is 0 Å². The Hall–Kier alpha value is -4.12. The first-order valence-electron chi connectivity index (χ1n) is 17.6. The van der Waals surface area contributed by atoms with Crippen molar-refractivity contribution in [1.29, 1.82) is 0 Å². The maximum absolute atomic E-state index is 3.68. The zero-order chi connectivity index (χ0) is 34.2. The van der Waals surface area contributed by atoms with Crippen LogP contribution in [0.25, 0.3) is 0 Å². The van der Waals surface area contributed by atoms with Gasteiger partial charge in [-0.1, -0.05) is 27.7 Å². The molecule has 4 N–H and O–H groups in total. The van der Waals surface area contributed by atoms with Crippen LogP contribution < -0.4 is 26.2 Å². The Morgan fingerprint density at radius 2 is 0.851 bits per heavy atom. The van der Waals surface area contributed by atoms with E-state index in [4.69, 9.17) is 0 Å². The summed E-state index contributed by atoms with van der Waals surface area (Å²) in [6.45, 7) is 25.4. The molecule has 4 rings (SSSR count). The summed E-state index contributed by atoms with van der Waals surface area (Å²) >= 11 is 0. The van der Waals surface area contributed by atoms with Gasteiger partial charge in [0, 0.05) is 64.1 Å². The van der Waals surface area contributed by atoms with Crippen LogP contribution in [0.15, 0.2) is 72.8 Å². The molecule has 0 heterocycles. The minimum Gasteiger partial charge on any atom is -0.382 e. The Morgan fingerprint density at radius 3 is 1.17 bits per heavy atom. The van der Waals surface area contributed by atoms with Gasteiger partial charge in [0.15, 0.2) is 0 Å². The highest BCUT2D eigenvalue weighted by Crippen LogP contribution is 2.34. The third-order valence-corrected chi connectivity index (χ3v) is 8.82. The minimum absolute atomic E-state index is 0.452. The quantitative estimate of drug-likeness (QED) is 0.105. The second kappa shape index (κ2) is 16.1. The van der Waals surface area contributed by atoms with Gasteiger partial charge in [0.1, 0.15) is 0 Å². The average Bonchev–Trinajstić information content (AvgIpc) is 2.98. The van der Waals surface area contributed by atoms with Gasteiger partial charge in [0.05, 0.1) is 0 Å². The van der Waals surface area contributed by atoms with Gasteiger partial charge < -0.3 is 26.2 Å². The molecule has 4 aromatic carbocycles. The van der Waals surface area contributed by atoms with Crippen LogP contribution in [-0.2, 0) is 0 Å². The molecule has 0 spiro atoms. The first-order chi connectivity index (χ1) is 22.3. The van der Waals surface area contributed by atoms with Crippen molar-refractivity contribution in [2.45, 2.75) is 101 Å². The lowest BCUT2D eigenvalue weighted by Crippen LogP contribution is -2.18. The summed E-state index contributed by atoms with van der Waals surface area (Å²) in [5, 5.41) is 14.7. The van der Waals surface area contributed by atoms with Crippen LogP contribution in [0.1, 0.15) is 83.6 Å². The highest BCUT2D eigenvalue weighted by Gasteiger charge is 2.13. The van der Waals surface area contributed by atoms with E-state index in [1.54, 1.807) is 0 Å². The fourth-order valence-corrected chi connectivity index (χ4v) is 6.61. The van der Waals surface area contributed by atoms with Crippen molar-refractivity contribution >= 4 is 45.5 Å². The van der Waals surface area contributed by atoms with Crippen LogP contribution in [-0.4, -0.2) is 18.6 Å². The number of benzene rings is 4. The molecule has 0 amide bonds. The van der Waals surface area contributed by atoms with E-state index >= 15 is 0 Å². The molecule has 0 saturated heterocycles. The van der Waals surface area contributed by atoms with E-state index in [0.717, 1.165) is 42.1 Å². The zero-order valence-corrected chi connectivity index (χ0v) is 30.8. The molecule has 0 aliphatic heterocycles. The number of nitrogens with zero attached hydrogens (tertiary/aromatic N) is 1. The van der Waals surface area contributed by atoms with Crippen molar-refractivity contribution in [2.75, 3.05) is 32.7 Å². The molecule has 2 unspecified atom stereocenters. The maximum atomic E-state index is 3.68. The first kappa shape index (κ1) is 35.7. The van der Waals surface area contributed by atoms with Crippen molar-refractivity contribution in [3.8, 4) is 0 Å². The van der Waals surface area contributed by atoms with Gasteiger partial charge in [-0.3, -0.25) is 0 Å². The van der Waals surface area contributed by atoms with E-state index in [-0.39, 0.29) is 0 Å². The molecule has 252 valence electrons. The van der Waals surface area contributed by atoms with Crippen molar-refractivity contribution in [2.24, 2.45) is 11.8 Å². The highest BCUT2D eigenvalue weighted by atomic mass is 15.1. The smallest absolute Gasteiger partial charge is 0.0415 e. The molecule has 0 aliphatic rings. The van der Waals surface area contributed by atoms with Gasteiger partial charge in [0.2, 0.25) is 0 Å². The number of aryl methyl sites for hydroxylation is 4. The zero-order valence-electron chi connectivity index (χ0n) is 30.8. The Balaban J connectivity index is 1.43. The first-order valence-corrected chi connectivity index (χ1v) is 17.6. The molecule has 47 heavy (non-hydrogen) atoms. The van der Waals surface area contributed by atoms with Crippen LogP contribution in [0.5, 0.6) is 0 Å². The van der Waals surface area contributed by atoms with E-state index in [1.165, 1.54) is 45.0 Å². The molecule has 0 bridgehead atoms. The monoisotopic (exact) mass is 633 g/mol. The second-order valence-corrected chi connectivity index (χ2v) is 14.4. The van der Waals surface area contributed by atoms with Crippen molar-refractivity contribution in [3.05, 3.63) is 95.1 Å². The number of nitrogens with one attached hydrogen (secondary N) is 4. The molecule has 0 aromatic heterocycles. The predicted molar refractivity (Wildman–Crippen MR) is 209 cm³/mol. The van der Waals surface area contributed by atoms with E-state index in [1.807, 2.05) is 0 Å². The normalized spacial score (nSPS) is 12.6. The number of hydrogen-bond donors (Lipinski definition) is 4. The van der Waals surface area contributed by atoms with Crippen molar-refractivity contribution < 1.29 is 0 Å². The van der Waals surface area contributed by atoms with Gasteiger partial charge in [0.25, 0.3) is 0 Å². The molecule has 5 nitrogen and oxygen atoms in total. The molecule has 2 atom stereocenters. The van der Waals surface area contributed by atoms with Crippen LogP contribution in [0, 0.1) is 39.5 Å². The summed E-state index contributed by atoms with van der Waals surface area (Å²) in [6.07, 6.45) is 2.32. The largest absolute Gasteiger partial charge is 0.382 e. The van der Waals surface area contributed by atoms with E-state index in [9.17, 15) is 0 Å². The van der Waals surface area contributed by atoms with Crippen LogP contribution >= 0.6 is 0 Å². The van der Waals surface area contributed by atoms with E-state index < -0.39 is 0 Å². The van der Waals surface area contributed by atoms with Crippen molar-refractivity contribution in [1.82, 2.24) is 0 Å². The van der Waals surface area contributed by atoms with Crippen LogP contribution in [0.2, 0.25) is 0 Å². The fraction of sp³-hybridized carbons (Fsp3) is 0.429. The molecular weight excluding hydrogens is 574 g/mol. The number of anilines is 8. The number of hydrogen-bond acceptors (Lipinski definition) is 5. The van der Waals surface area contributed by atoms with Crippen LogP contribution in [0.3, 0.4) is 0 Å². The van der Waals surface area contributed by atoms with Crippen LogP contribution in [0.4, 0.5) is 45.5 Å². The lowest BCUT2D eigenvalue weighted by Gasteiger charge is -2.26. The third kappa shape index (κ3) is 9.93. The van der Waals surface area contributed by atoms with Gasteiger partial charge in [-0.2, -0.15) is 0 Å². The molecular formula is C42H59N5. The van der Waals surface area contributed by atoms with E-state index in [0.29, 0.717) is 23.9 Å². The molecule has 0 aliphatic carbocycles. The third-order valence-electron chi connectivity index (χ3n) is 8.82. The Bertz CT molecular complexity index is 1500. The molecule has 4 aromatic rings. The molecule has 5 heteroatoms. The Labute approximate surface area is 285 Å². The predicted octanol–water partition coefficient (Wildman–Crippen LogP) is 12.3. The van der Waals surface area contributed by atoms with Crippen molar-refractivity contribution in [3.63, 3.8) is 0 Å². The lowest BCUT2D eigenvalue weighted by atomic mass is 10.0. The average molecular weight is 634 g/mol. The molecule has 0 radical (unpaired) electrons. The van der Waals surface area contributed by atoms with E-state index in [2.05, 4.69) is 175 Å². The van der Waals surface area contributed by atoms with Gasteiger partial charge in [-0.05, 0) is 168 Å². The Morgan fingerprint density at radius 1 is 0.489 bits per heavy atom. The van der Waals surface area contributed by atoms with Gasteiger partial charge in [-0.25, -0.2) is 0 Å². The maximum Gasteiger partial charge on any atom is 0.0415 e. The summed E-state index contributed by atoms with van der Waals surface area (Å²) in [6, 6.07) is 27.5. The lowest BCUT2D eigenvalue weighted by molar-refractivity contribution is 0.539. The van der Waals surface area contributed by atoms with Gasteiger partial charge >= 0.3 is 0 Å². The highest BCUT2D eigenvalue weighted by molar-refractivity contribution is 5.75. The second-order valence-electron chi connectivity index (χ2n) is 14.4. The standard InChI is InChI=1S/C42H59N5/c1-12-47(37-15-19-41(31(8)25-37)45-35-13-17-39(29(6)23-35)43-33(10)21-27(2)3)38-16-20-42(32(9)26-38)46-36-14-18-40(30(7)24-36)44-34(11)22-28(4)5/h13-20,23-28,33-34,43-46H,12,21-22H2,1-11H3. The summed E-state index contributed by atoms with van der Waals surface area (Å²) in [4.78, 5) is 2.37. The Kier molecular flexibility index (Phi) is 12.3. The molecule has 0 saturated carbocycles. The minimum atomic E-state index is 0.452. The summed E-state index contributed by atoms with van der Waals surface area (Å²) in [5.41, 5.74) is 14.2. The topological polar surface area (TPSA) is 51.4 Å². The summed E-state index contributed by atoms with van der Waals surface area (Å²) in [5.74, 6) is 1.36. The molecule has 0 fully saturated rings. The summed E-state index contributed by atoms with van der Waals surface area (Å²) < 4.78 is 0. The number of rotatable bonds is 15.